The summed E-state index contributed by atoms with van der Waals surface area (Å²) < 4.78 is 67.3. The zero-order valence-electron chi connectivity index (χ0n) is 19.4. The lowest BCUT2D eigenvalue weighted by Gasteiger charge is -2.28. The first-order valence-electron chi connectivity index (χ1n) is 11.0. The van der Waals surface area contributed by atoms with Gasteiger partial charge in [-0.15, -0.1) is 11.3 Å². The molecule has 0 aliphatic rings. The zero-order valence-corrected chi connectivity index (χ0v) is 21.0. The number of halogens is 3. The van der Waals surface area contributed by atoms with Crippen LogP contribution in [0.4, 0.5) is 13.2 Å². The van der Waals surface area contributed by atoms with Gasteiger partial charge in [-0.05, 0) is 41.1 Å². The summed E-state index contributed by atoms with van der Waals surface area (Å²) in [6.45, 7) is 3.65. The van der Waals surface area contributed by atoms with Crippen molar-refractivity contribution in [1.29, 1.82) is 0 Å². The topological polar surface area (TPSA) is 57.7 Å². The molecule has 1 aromatic heterocycles. The molecule has 1 amide bonds. The van der Waals surface area contributed by atoms with E-state index in [4.69, 9.17) is 0 Å². The maximum Gasteiger partial charge on any atom is 0.416 e. The van der Waals surface area contributed by atoms with Crippen molar-refractivity contribution in [3.63, 3.8) is 0 Å². The molecular formula is C25H27F3N2O3S2. The van der Waals surface area contributed by atoms with Gasteiger partial charge in [0.1, 0.15) is 0 Å². The van der Waals surface area contributed by atoms with Crippen molar-refractivity contribution in [1.82, 2.24) is 9.21 Å². The highest BCUT2D eigenvalue weighted by Crippen LogP contribution is 2.31. The third-order valence-corrected chi connectivity index (χ3v) is 7.84. The summed E-state index contributed by atoms with van der Waals surface area (Å²) in [6.07, 6.45) is -4.68. The number of benzene rings is 2. The summed E-state index contributed by atoms with van der Waals surface area (Å²) >= 11 is 1.48. The fraction of sp³-hybridized carbons (Fsp3) is 0.320. The molecule has 0 radical (unpaired) electrons. The molecule has 0 bridgehead atoms. The van der Waals surface area contributed by atoms with Crippen molar-refractivity contribution in [2.45, 2.75) is 38.0 Å². The lowest BCUT2D eigenvalue weighted by atomic mass is 10.2. The Morgan fingerprint density at radius 3 is 2.29 bits per heavy atom. The summed E-state index contributed by atoms with van der Waals surface area (Å²) in [5, 5.41) is 1.89. The van der Waals surface area contributed by atoms with E-state index in [0.29, 0.717) is 12.6 Å². The standard InChI is InChI=1S/C25H27F3N2O3S2/c1-19(2)15-30(35(32,33)23-12-6-10-21(14-23)25(26,27)28)18-24(31)29(17-22-11-7-13-34-22)16-20-8-4-3-5-9-20/h3-14,19H,15-18H2,1-2H3. The molecular weight excluding hydrogens is 497 g/mol. The van der Waals surface area contributed by atoms with E-state index in [1.54, 1.807) is 18.7 Å². The number of amides is 1. The molecule has 0 atom stereocenters. The van der Waals surface area contributed by atoms with E-state index >= 15 is 0 Å². The van der Waals surface area contributed by atoms with Crippen LogP contribution in [0.25, 0.3) is 0 Å². The van der Waals surface area contributed by atoms with Crippen molar-refractivity contribution >= 4 is 27.3 Å². The van der Waals surface area contributed by atoms with E-state index in [2.05, 4.69) is 0 Å². The van der Waals surface area contributed by atoms with Gasteiger partial charge < -0.3 is 4.90 Å². The maximum atomic E-state index is 13.4. The molecule has 0 saturated heterocycles. The first-order chi connectivity index (χ1) is 16.5. The largest absolute Gasteiger partial charge is 0.416 e. The highest BCUT2D eigenvalue weighted by molar-refractivity contribution is 7.89. The summed E-state index contributed by atoms with van der Waals surface area (Å²) in [5.41, 5.74) is -0.175. The van der Waals surface area contributed by atoms with Crippen molar-refractivity contribution in [2.24, 2.45) is 5.92 Å². The Bertz CT molecular complexity index is 1210. The highest BCUT2D eigenvalue weighted by atomic mass is 32.2. The quantitative estimate of drug-likeness (QED) is 0.345. The molecule has 10 heteroatoms. The number of nitrogens with zero attached hydrogens (tertiary/aromatic N) is 2. The second kappa shape index (κ2) is 11.4. The van der Waals surface area contributed by atoms with Crippen LogP contribution >= 0.6 is 11.3 Å². The lowest BCUT2D eigenvalue weighted by Crippen LogP contribution is -2.43. The van der Waals surface area contributed by atoms with Crippen LogP contribution in [0.1, 0.15) is 29.9 Å². The third-order valence-electron chi connectivity index (χ3n) is 5.18. The second-order valence-corrected chi connectivity index (χ2v) is 11.5. The molecule has 0 aliphatic carbocycles. The highest BCUT2D eigenvalue weighted by Gasteiger charge is 2.34. The minimum absolute atomic E-state index is 0.0114. The molecule has 2 aromatic carbocycles. The molecule has 0 aliphatic heterocycles. The molecule has 0 saturated carbocycles. The summed E-state index contributed by atoms with van der Waals surface area (Å²) in [4.78, 5) is 15.4. The van der Waals surface area contributed by atoms with E-state index in [-0.39, 0.29) is 19.0 Å². The first-order valence-corrected chi connectivity index (χ1v) is 13.3. The molecule has 3 aromatic rings. The third kappa shape index (κ3) is 7.39. The van der Waals surface area contributed by atoms with Crippen molar-refractivity contribution in [3.8, 4) is 0 Å². The molecule has 0 fully saturated rings. The Balaban J connectivity index is 1.90. The van der Waals surface area contributed by atoms with Gasteiger partial charge in [0.25, 0.3) is 0 Å². The van der Waals surface area contributed by atoms with Gasteiger partial charge in [0.05, 0.1) is 23.5 Å². The normalized spacial score (nSPS) is 12.3. The lowest BCUT2D eigenvalue weighted by molar-refractivity contribution is -0.137. The average Bonchev–Trinajstić information content (AvgIpc) is 3.31. The van der Waals surface area contributed by atoms with Crippen LogP contribution in [-0.4, -0.2) is 36.6 Å². The van der Waals surface area contributed by atoms with Crippen LogP contribution in [0.2, 0.25) is 0 Å². The Labute approximate surface area is 207 Å². The number of sulfonamides is 1. The van der Waals surface area contributed by atoms with E-state index in [0.717, 1.165) is 32.9 Å². The molecule has 188 valence electrons. The van der Waals surface area contributed by atoms with Crippen molar-refractivity contribution in [2.75, 3.05) is 13.1 Å². The SMILES string of the molecule is CC(C)CN(CC(=O)N(Cc1ccccc1)Cc1cccs1)S(=O)(=O)c1cccc(C(F)(F)F)c1. The van der Waals surface area contributed by atoms with Gasteiger partial charge in [0.2, 0.25) is 15.9 Å². The minimum Gasteiger partial charge on any atom is -0.332 e. The smallest absolute Gasteiger partial charge is 0.332 e. The Morgan fingerprint density at radius 2 is 1.69 bits per heavy atom. The van der Waals surface area contributed by atoms with Crippen LogP contribution in [0.5, 0.6) is 0 Å². The number of thiophene rings is 1. The van der Waals surface area contributed by atoms with Gasteiger partial charge in [-0.1, -0.05) is 56.3 Å². The number of carbonyl (C=O) groups excluding carboxylic acids is 1. The number of hydrogen-bond donors (Lipinski definition) is 0. The van der Waals surface area contributed by atoms with Crippen LogP contribution in [0.3, 0.4) is 0 Å². The van der Waals surface area contributed by atoms with Gasteiger partial charge in [0.15, 0.2) is 0 Å². The fourth-order valence-electron chi connectivity index (χ4n) is 3.51. The average molecular weight is 525 g/mol. The summed E-state index contributed by atoms with van der Waals surface area (Å²) in [7, 11) is -4.35. The van der Waals surface area contributed by atoms with Crippen LogP contribution < -0.4 is 0 Å². The molecule has 3 rings (SSSR count). The monoisotopic (exact) mass is 524 g/mol. The van der Waals surface area contributed by atoms with Crippen LogP contribution in [-0.2, 0) is 34.1 Å². The second-order valence-electron chi connectivity index (χ2n) is 8.53. The summed E-state index contributed by atoms with van der Waals surface area (Å²) in [5.74, 6) is -0.582. The molecule has 0 N–H and O–H groups in total. The van der Waals surface area contributed by atoms with Gasteiger partial charge in [-0.2, -0.15) is 17.5 Å². The molecule has 35 heavy (non-hydrogen) atoms. The van der Waals surface area contributed by atoms with Crippen molar-refractivity contribution < 1.29 is 26.4 Å². The zero-order chi connectivity index (χ0) is 25.6. The Morgan fingerprint density at radius 1 is 0.971 bits per heavy atom. The van der Waals surface area contributed by atoms with Gasteiger partial charge in [-0.25, -0.2) is 8.42 Å². The van der Waals surface area contributed by atoms with Gasteiger partial charge >= 0.3 is 6.18 Å². The predicted octanol–water partition coefficient (Wildman–Crippen LogP) is 5.64. The van der Waals surface area contributed by atoms with Crippen LogP contribution in [0, 0.1) is 5.92 Å². The summed E-state index contributed by atoms with van der Waals surface area (Å²) in [6, 6.07) is 16.7. The molecule has 0 spiro atoms. The molecule has 5 nitrogen and oxygen atoms in total. The number of rotatable bonds is 10. The number of hydrogen-bond acceptors (Lipinski definition) is 4. The number of alkyl halides is 3. The first kappa shape index (κ1) is 26.9. The minimum atomic E-state index is -4.68. The Hall–Kier alpha value is -2.69. The van der Waals surface area contributed by atoms with E-state index in [9.17, 15) is 26.4 Å². The van der Waals surface area contributed by atoms with Crippen LogP contribution in [0.15, 0.2) is 77.0 Å². The fourth-order valence-corrected chi connectivity index (χ4v) is 5.83. The van der Waals surface area contributed by atoms with Crippen molar-refractivity contribution in [3.05, 3.63) is 88.1 Å². The Kier molecular flexibility index (Phi) is 8.74. The van der Waals surface area contributed by atoms with Gasteiger partial charge in [0, 0.05) is 18.0 Å². The van der Waals surface area contributed by atoms with Gasteiger partial charge in [-0.3, -0.25) is 4.79 Å². The van der Waals surface area contributed by atoms with E-state index in [1.165, 1.54) is 11.3 Å². The van der Waals surface area contributed by atoms with E-state index in [1.807, 2.05) is 47.8 Å². The maximum absolute atomic E-state index is 13.4. The number of carbonyl (C=O) groups is 1. The molecule has 1 heterocycles. The predicted molar refractivity (Wildman–Crippen MR) is 130 cm³/mol. The van der Waals surface area contributed by atoms with E-state index < -0.39 is 39.1 Å². The molecule has 0 unspecified atom stereocenters.